The van der Waals surface area contributed by atoms with Crippen LogP contribution < -0.4 is 4.74 Å². The largest absolute Gasteiger partial charge is 0.421 e. The Kier molecular flexibility index (Phi) is 3.37. The highest BCUT2D eigenvalue weighted by molar-refractivity contribution is 5.25. The molecule has 4 nitrogen and oxygen atoms in total. The predicted octanol–water partition coefficient (Wildman–Crippen LogP) is 3.30. The lowest BCUT2D eigenvalue weighted by molar-refractivity contribution is -0.137. The summed E-state index contributed by atoms with van der Waals surface area (Å²) in [7, 11) is 0. The third-order valence-corrected chi connectivity index (χ3v) is 2.22. The number of alkyl halides is 3. The number of nitrogens with zero attached hydrogens (tertiary/aromatic N) is 3. The molecule has 0 atom stereocenters. The minimum absolute atomic E-state index is 0.0468. The Labute approximate surface area is 107 Å². The average molecular weight is 269 g/mol. The Hall–Kier alpha value is -2.18. The van der Waals surface area contributed by atoms with Crippen molar-refractivity contribution in [2.45, 2.75) is 20.0 Å². The van der Waals surface area contributed by atoms with Crippen molar-refractivity contribution in [2.24, 2.45) is 0 Å². The van der Waals surface area contributed by atoms with Crippen LogP contribution in [0.15, 0.2) is 24.4 Å². The lowest BCUT2D eigenvalue weighted by Crippen LogP contribution is -2.05. The fourth-order valence-electron chi connectivity index (χ4n) is 1.45. The summed E-state index contributed by atoms with van der Waals surface area (Å²) in [4.78, 5) is 11.7. The number of hydrogen-bond acceptors (Lipinski definition) is 4. The van der Waals surface area contributed by atoms with Crippen LogP contribution >= 0.6 is 0 Å². The van der Waals surface area contributed by atoms with Crippen molar-refractivity contribution in [1.82, 2.24) is 15.0 Å². The van der Waals surface area contributed by atoms with Gasteiger partial charge in [-0.1, -0.05) is 0 Å². The first-order valence-electron chi connectivity index (χ1n) is 5.38. The van der Waals surface area contributed by atoms with Crippen LogP contribution in [-0.2, 0) is 6.18 Å². The lowest BCUT2D eigenvalue weighted by atomic mass is 10.3. The number of rotatable bonds is 2. The summed E-state index contributed by atoms with van der Waals surface area (Å²) in [5.74, 6) is 0.810. The Morgan fingerprint density at radius 1 is 1.05 bits per heavy atom. The third kappa shape index (κ3) is 3.40. The van der Waals surface area contributed by atoms with Gasteiger partial charge in [-0.3, -0.25) is 0 Å². The van der Waals surface area contributed by atoms with Crippen molar-refractivity contribution in [3.63, 3.8) is 0 Å². The first-order valence-corrected chi connectivity index (χ1v) is 5.38. The summed E-state index contributed by atoms with van der Waals surface area (Å²) in [5.41, 5.74) is -0.121. The van der Waals surface area contributed by atoms with Crippen LogP contribution in [0.5, 0.6) is 11.8 Å². The second-order valence-electron chi connectivity index (χ2n) is 3.88. The van der Waals surface area contributed by atoms with E-state index in [0.717, 1.165) is 18.3 Å². The van der Waals surface area contributed by atoms with Gasteiger partial charge in [0.1, 0.15) is 5.82 Å². The summed E-state index contributed by atoms with van der Waals surface area (Å²) in [6.07, 6.45) is -3.69. The molecular formula is C12H10F3N3O. The molecule has 0 radical (unpaired) electrons. The molecule has 0 saturated carbocycles. The van der Waals surface area contributed by atoms with Crippen molar-refractivity contribution in [3.05, 3.63) is 41.5 Å². The fourth-order valence-corrected chi connectivity index (χ4v) is 1.45. The molecule has 0 amide bonds. The van der Waals surface area contributed by atoms with Gasteiger partial charge in [-0.15, -0.1) is 0 Å². The smallest absolute Gasteiger partial charge is 0.417 e. The van der Waals surface area contributed by atoms with Gasteiger partial charge in [-0.25, -0.2) is 9.97 Å². The zero-order valence-electron chi connectivity index (χ0n) is 10.2. The number of halogens is 3. The molecular weight excluding hydrogens is 259 g/mol. The topological polar surface area (TPSA) is 47.9 Å². The molecule has 0 fully saturated rings. The number of hydrogen-bond donors (Lipinski definition) is 0. The molecule has 2 heterocycles. The second-order valence-corrected chi connectivity index (χ2v) is 3.88. The number of aryl methyl sites for hydroxylation is 2. The van der Waals surface area contributed by atoms with Crippen LogP contribution in [0, 0.1) is 13.8 Å². The van der Waals surface area contributed by atoms with Crippen molar-refractivity contribution in [3.8, 4) is 11.8 Å². The molecule has 0 aromatic carbocycles. The van der Waals surface area contributed by atoms with E-state index in [-0.39, 0.29) is 11.8 Å². The quantitative estimate of drug-likeness (QED) is 0.839. The standard InChI is InChI=1S/C12H10F3N3O/c1-7-5-11(18-8(2)17-7)19-10-4-3-9(6-16-10)12(13,14)15/h3-6H,1-2H3. The normalized spacial score (nSPS) is 11.4. The number of aromatic nitrogens is 3. The van der Waals surface area contributed by atoms with E-state index in [1.165, 1.54) is 0 Å². The monoisotopic (exact) mass is 269 g/mol. The highest BCUT2D eigenvalue weighted by Crippen LogP contribution is 2.29. The summed E-state index contributed by atoms with van der Waals surface area (Å²) >= 11 is 0. The van der Waals surface area contributed by atoms with E-state index in [1.807, 2.05) is 0 Å². The molecule has 2 aromatic heterocycles. The van der Waals surface area contributed by atoms with Gasteiger partial charge in [-0.2, -0.15) is 18.2 Å². The summed E-state index contributed by atoms with van der Waals surface area (Å²) < 4.78 is 42.3. The Morgan fingerprint density at radius 3 is 2.32 bits per heavy atom. The van der Waals surface area contributed by atoms with E-state index in [1.54, 1.807) is 19.9 Å². The molecule has 2 aromatic rings. The molecule has 100 valence electrons. The van der Waals surface area contributed by atoms with Crippen LogP contribution in [0.4, 0.5) is 13.2 Å². The minimum atomic E-state index is -4.41. The van der Waals surface area contributed by atoms with Crippen molar-refractivity contribution >= 4 is 0 Å². The Bertz CT molecular complexity index is 562. The van der Waals surface area contributed by atoms with E-state index < -0.39 is 11.7 Å². The van der Waals surface area contributed by atoms with Crippen molar-refractivity contribution in [2.75, 3.05) is 0 Å². The zero-order valence-corrected chi connectivity index (χ0v) is 10.2. The first kappa shape index (κ1) is 13.3. The summed E-state index contributed by atoms with van der Waals surface area (Å²) in [5, 5.41) is 0. The van der Waals surface area contributed by atoms with Crippen molar-refractivity contribution in [1.29, 1.82) is 0 Å². The molecule has 19 heavy (non-hydrogen) atoms. The highest BCUT2D eigenvalue weighted by atomic mass is 19.4. The van der Waals surface area contributed by atoms with Crippen LogP contribution in [0.2, 0.25) is 0 Å². The molecule has 7 heteroatoms. The SMILES string of the molecule is Cc1cc(Oc2ccc(C(F)(F)F)cn2)nc(C)n1. The van der Waals surface area contributed by atoms with Crippen LogP contribution in [-0.4, -0.2) is 15.0 Å². The average Bonchev–Trinajstić information content (AvgIpc) is 2.26. The Morgan fingerprint density at radius 2 is 1.79 bits per heavy atom. The molecule has 0 aliphatic heterocycles. The highest BCUT2D eigenvalue weighted by Gasteiger charge is 2.30. The van der Waals surface area contributed by atoms with Gasteiger partial charge in [0.25, 0.3) is 0 Å². The van der Waals surface area contributed by atoms with E-state index in [2.05, 4.69) is 15.0 Å². The fraction of sp³-hybridized carbons (Fsp3) is 0.250. The van der Waals surface area contributed by atoms with Crippen LogP contribution in [0.25, 0.3) is 0 Å². The molecule has 2 rings (SSSR count). The van der Waals surface area contributed by atoms with Crippen molar-refractivity contribution < 1.29 is 17.9 Å². The minimum Gasteiger partial charge on any atom is -0.421 e. The van der Waals surface area contributed by atoms with Gasteiger partial charge in [-0.05, 0) is 19.9 Å². The number of ether oxygens (including phenoxy) is 1. The first-order chi connectivity index (χ1) is 8.84. The Balaban J connectivity index is 2.20. The van der Waals surface area contributed by atoms with Gasteiger partial charge in [0.05, 0.1) is 5.56 Å². The molecule has 0 aliphatic carbocycles. The molecule has 0 spiro atoms. The van der Waals surface area contributed by atoms with Gasteiger partial charge < -0.3 is 4.74 Å². The third-order valence-electron chi connectivity index (χ3n) is 2.22. The van der Waals surface area contributed by atoms with Gasteiger partial charge in [0.15, 0.2) is 0 Å². The van der Waals surface area contributed by atoms with E-state index >= 15 is 0 Å². The van der Waals surface area contributed by atoms with E-state index in [4.69, 9.17) is 4.74 Å². The molecule has 0 aliphatic rings. The van der Waals surface area contributed by atoms with E-state index in [0.29, 0.717) is 11.5 Å². The zero-order chi connectivity index (χ0) is 14.0. The van der Waals surface area contributed by atoms with Crippen LogP contribution in [0.1, 0.15) is 17.1 Å². The molecule has 0 unspecified atom stereocenters. The van der Waals surface area contributed by atoms with Gasteiger partial charge in [0.2, 0.25) is 11.8 Å². The van der Waals surface area contributed by atoms with Gasteiger partial charge >= 0.3 is 6.18 Å². The van der Waals surface area contributed by atoms with Crippen LogP contribution in [0.3, 0.4) is 0 Å². The maximum absolute atomic E-state index is 12.4. The number of pyridine rings is 1. The maximum atomic E-state index is 12.4. The summed E-state index contributed by atoms with van der Waals surface area (Å²) in [6.45, 7) is 3.46. The summed E-state index contributed by atoms with van der Waals surface area (Å²) in [6, 6.07) is 3.63. The maximum Gasteiger partial charge on any atom is 0.417 e. The van der Waals surface area contributed by atoms with Gasteiger partial charge in [0, 0.05) is 24.0 Å². The second kappa shape index (κ2) is 4.83. The molecule has 0 saturated heterocycles. The predicted molar refractivity (Wildman–Crippen MR) is 60.8 cm³/mol. The lowest BCUT2D eigenvalue weighted by Gasteiger charge is -2.08. The molecule has 0 N–H and O–H groups in total. The molecule has 0 bridgehead atoms. The van der Waals surface area contributed by atoms with E-state index in [9.17, 15) is 13.2 Å².